The first-order valence-corrected chi connectivity index (χ1v) is 10.8. The van der Waals surface area contributed by atoms with Crippen molar-refractivity contribution in [2.24, 2.45) is 23.7 Å². The van der Waals surface area contributed by atoms with E-state index in [0.717, 1.165) is 19.1 Å². The van der Waals surface area contributed by atoms with E-state index in [-0.39, 0.29) is 18.5 Å². The third-order valence-corrected chi connectivity index (χ3v) is 6.27. The highest BCUT2D eigenvalue weighted by atomic mass is 16.7. The van der Waals surface area contributed by atoms with Crippen molar-refractivity contribution in [1.29, 1.82) is 0 Å². The van der Waals surface area contributed by atoms with Crippen molar-refractivity contribution in [3.05, 3.63) is 0 Å². The number of hydrogen-bond donors (Lipinski definition) is 0. The minimum atomic E-state index is -0.140. The maximum Gasteiger partial charge on any atom is 0.164 e. The molecule has 0 bridgehead atoms. The van der Waals surface area contributed by atoms with E-state index < -0.39 is 0 Å². The fourth-order valence-electron chi connectivity index (χ4n) is 4.61. The average molecular weight is 355 g/mol. The SMILES string of the molecule is CCCC[C@H]1CC[C@H]([C@H]2OC[C@H]([C@H]3OC[C@H](CCC)CO3)CO2)CC1. The van der Waals surface area contributed by atoms with Gasteiger partial charge in [-0.25, -0.2) is 0 Å². The Kier molecular flexibility index (Phi) is 8.03. The average Bonchev–Trinajstić information content (AvgIpc) is 2.68. The molecule has 4 heteroatoms. The molecule has 0 aromatic rings. The van der Waals surface area contributed by atoms with Crippen LogP contribution in [0.4, 0.5) is 0 Å². The topological polar surface area (TPSA) is 36.9 Å². The van der Waals surface area contributed by atoms with Gasteiger partial charge in [-0.1, -0.05) is 39.5 Å². The molecule has 2 aliphatic heterocycles. The van der Waals surface area contributed by atoms with Crippen molar-refractivity contribution in [3.8, 4) is 0 Å². The predicted molar refractivity (Wildman–Crippen MR) is 98.2 cm³/mol. The van der Waals surface area contributed by atoms with Crippen LogP contribution in [0.3, 0.4) is 0 Å². The number of ether oxygens (including phenoxy) is 4. The molecule has 0 aromatic heterocycles. The lowest BCUT2D eigenvalue weighted by molar-refractivity contribution is -0.291. The Bertz CT molecular complexity index is 351. The van der Waals surface area contributed by atoms with Gasteiger partial charge in [0.2, 0.25) is 0 Å². The van der Waals surface area contributed by atoms with Gasteiger partial charge in [0.25, 0.3) is 0 Å². The third kappa shape index (κ3) is 5.66. The van der Waals surface area contributed by atoms with Crippen LogP contribution in [0.5, 0.6) is 0 Å². The Morgan fingerprint density at radius 3 is 1.80 bits per heavy atom. The Balaban J connectivity index is 1.34. The summed E-state index contributed by atoms with van der Waals surface area (Å²) in [6, 6.07) is 0. The molecular weight excluding hydrogens is 316 g/mol. The summed E-state index contributed by atoms with van der Waals surface area (Å²) in [5.41, 5.74) is 0. The summed E-state index contributed by atoms with van der Waals surface area (Å²) in [4.78, 5) is 0. The number of unbranched alkanes of at least 4 members (excludes halogenated alkanes) is 1. The molecule has 0 spiro atoms. The first-order chi connectivity index (χ1) is 12.3. The van der Waals surface area contributed by atoms with Crippen molar-refractivity contribution < 1.29 is 18.9 Å². The molecule has 2 saturated heterocycles. The summed E-state index contributed by atoms with van der Waals surface area (Å²) in [6.07, 6.45) is 11.6. The maximum atomic E-state index is 6.09. The standard InChI is InChI=1S/C21H38O4/c1-3-5-7-16-8-10-18(11-9-16)20-24-14-19(15-25-20)21-22-12-17(6-4-2)13-23-21/h16-21H,3-15H2,1-2H3/t16-,17-,18-,19-,20-,21-. The minimum Gasteiger partial charge on any atom is -0.352 e. The molecule has 0 N–H and O–H groups in total. The third-order valence-electron chi connectivity index (χ3n) is 6.27. The molecular formula is C21H38O4. The lowest BCUT2D eigenvalue weighted by Crippen LogP contribution is -2.46. The van der Waals surface area contributed by atoms with Gasteiger partial charge in [-0.3, -0.25) is 0 Å². The van der Waals surface area contributed by atoms with Crippen molar-refractivity contribution in [3.63, 3.8) is 0 Å². The Hall–Kier alpha value is -0.160. The molecule has 0 atom stereocenters. The molecule has 3 fully saturated rings. The van der Waals surface area contributed by atoms with Crippen LogP contribution in [0, 0.1) is 23.7 Å². The fourth-order valence-corrected chi connectivity index (χ4v) is 4.61. The van der Waals surface area contributed by atoms with Gasteiger partial charge in [-0.15, -0.1) is 0 Å². The highest BCUT2D eigenvalue weighted by molar-refractivity contribution is 4.78. The van der Waals surface area contributed by atoms with E-state index >= 15 is 0 Å². The van der Waals surface area contributed by atoms with Gasteiger partial charge in [-0.2, -0.15) is 0 Å². The van der Waals surface area contributed by atoms with Crippen molar-refractivity contribution in [2.45, 2.75) is 84.2 Å². The van der Waals surface area contributed by atoms with Crippen LogP contribution in [0.25, 0.3) is 0 Å². The van der Waals surface area contributed by atoms with E-state index in [2.05, 4.69) is 13.8 Å². The summed E-state index contributed by atoms with van der Waals surface area (Å²) >= 11 is 0. The zero-order valence-corrected chi connectivity index (χ0v) is 16.3. The van der Waals surface area contributed by atoms with Gasteiger partial charge in [-0.05, 0) is 38.0 Å². The van der Waals surface area contributed by atoms with Crippen LogP contribution < -0.4 is 0 Å². The Labute approximate surface area is 153 Å². The molecule has 4 nitrogen and oxygen atoms in total. The van der Waals surface area contributed by atoms with Crippen molar-refractivity contribution in [2.75, 3.05) is 26.4 Å². The van der Waals surface area contributed by atoms with Crippen LogP contribution in [-0.2, 0) is 18.9 Å². The molecule has 2 heterocycles. The van der Waals surface area contributed by atoms with Gasteiger partial charge in [0.1, 0.15) is 0 Å². The first-order valence-electron chi connectivity index (χ1n) is 10.8. The monoisotopic (exact) mass is 354 g/mol. The summed E-state index contributed by atoms with van der Waals surface area (Å²) in [7, 11) is 0. The van der Waals surface area contributed by atoms with E-state index in [1.807, 2.05) is 0 Å². The van der Waals surface area contributed by atoms with E-state index in [4.69, 9.17) is 18.9 Å². The Morgan fingerprint density at radius 2 is 1.20 bits per heavy atom. The normalized spacial score (nSPS) is 40.1. The fraction of sp³-hybridized carbons (Fsp3) is 1.00. The molecule has 0 radical (unpaired) electrons. The molecule has 1 aliphatic carbocycles. The number of rotatable bonds is 7. The van der Waals surface area contributed by atoms with E-state index in [0.29, 0.717) is 25.0 Å². The second kappa shape index (κ2) is 10.2. The lowest BCUT2D eigenvalue weighted by atomic mass is 9.79. The zero-order chi connectivity index (χ0) is 17.5. The quantitative estimate of drug-likeness (QED) is 0.660. The molecule has 25 heavy (non-hydrogen) atoms. The lowest BCUT2D eigenvalue weighted by Gasteiger charge is -2.40. The zero-order valence-electron chi connectivity index (χ0n) is 16.3. The molecule has 0 unspecified atom stereocenters. The molecule has 3 rings (SSSR count). The summed E-state index contributed by atoms with van der Waals surface area (Å²) in [5, 5.41) is 0. The van der Waals surface area contributed by atoms with Gasteiger partial charge in [0, 0.05) is 11.8 Å². The van der Waals surface area contributed by atoms with E-state index in [1.54, 1.807) is 0 Å². The van der Waals surface area contributed by atoms with Crippen LogP contribution >= 0.6 is 0 Å². The van der Waals surface area contributed by atoms with Gasteiger partial charge >= 0.3 is 0 Å². The summed E-state index contributed by atoms with van der Waals surface area (Å²) in [6.45, 7) is 7.56. The molecule has 146 valence electrons. The Morgan fingerprint density at radius 1 is 0.600 bits per heavy atom. The number of hydrogen-bond acceptors (Lipinski definition) is 4. The van der Waals surface area contributed by atoms with Gasteiger partial charge in [0.15, 0.2) is 12.6 Å². The smallest absolute Gasteiger partial charge is 0.164 e. The van der Waals surface area contributed by atoms with Gasteiger partial charge < -0.3 is 18.9 Å². The predicted octanol–water partition coefficient (Wildman–Crippen LogP) is 4.76. The van der Waals surface area contributed by atoms with Crippen LogP contribution in [-0.4, -0.2) is 39.0 Å². The summed E-state index contributed by atoms with van der Waals surface area (Å²) < 4.78 is 24.0. The largest absolute Gasteiger partial charge is 0.352 e. The highest BCUT2D eigenvalue weighted by Gasteiger charge is 2.37. The van der Waals surface area contributed by atoms with E-state index in [9.17, 15) is 0 Å². The second-order valence-electron chi connectivity index (χ2n) is 8.41. The van der Waals surface area contributed by atoms with Crippen LogP contribution in [0.2, 0.25) is 0 Å². The molecule has 1 saturated carbocycles. The molecule has 0 amide bonds. The van der Waals surface area contributed by atoms with Gasteiger partial charge in [0.05, 0.1) is 32.3 Å². The molecule has 3 aliphatic rings. The van der Waals surface area contributed by atoms with Crippen molar-refractivity contribution >= 4 is 0 Å². The first kappa shape index (κ1) is 19.6. The minimum absolute atomic E-state index is 0.000180. The van der Waals surface area contributed by atoms with Crippen LogP contribution in [0.15, 0.2) is 0 Å². The molecule has 0 aromatic carbocycles. The second-order valence-corrected chi connectivity index (χ2v) is 8.41. The van der Waals surface area contributed by atoms with Crippen LogP contribution in [0.1, 0.15) is 71.6 Å². The highest BCUT2D eigenvalue weighted by Crippen LogP contribution is 2.36. The maximum absolute atomic E-state index is 6.09. The summed E-state index contributed by atoms with van der Waals surface area (Å²) in [5.74, 6) is 2.30. The van der Waals surface area contributed by atoms with Crippen molar-refractivity contribution in [1.82, 2.24) is 0 Å². The van der Waals surface area contributed by atoms with E-state index in [1.165, 1.54) is 57.8 Å².